The first-order valence-corrected chi connectivity index (χ1v) is 13.0. The summed E-state index contributed by atoms with van der Waals surface area (Å²) in [4.78, 5) is 23.1. The number of halogens is 1. The van der Waals surface area contributed by atoms with Gasteiger partial charge < -0.3 is 9.72 Å². The van der Waals surface area contributed by atoms with Gasteiger partial charge in [0.2, 0.25) is 0 Å². The van der Waals surface area contributed by atoms with Crippen molar-refractivity contribution in [1.82, 2.24) is 9.97 Å². The highest BCUT2D eigenvalue weighted by Gasteiger charge is 2.21. The molecule has 0 aliphatic heterocycles. The van der Waals surface area contributed by atoms with Gasteiger partial charge in [0.25, 0.3) is 5.56 Å². The first-order valence-electron chi connectivity index (χ1n) is 11.4. The smallest absolute Gasteiger partial charge is 0.260 e. The van der Waals surface area contributed by atoms with Crippen molar-refractivity contribution in [3.8, 4) is 17.1 Å². The fourth-order valence-electron chi connectivity index (χ4n) is 4.37. The number of fused-ring (bicyclic) bond motifs is 3. The van der Waals surface area contributed by atoms with Crippen molar-refractivity contribution < 1.29 is 4.74 Å². The number of aromatic amines is 1. The zero-order chi connectivity index (χ0) is 23.2. The van der Waals surface area contributed by atoms with Crippen molar-refractivity contribution in [2.24, 2.45) is 0 Å². The number of benzene rings is 2. The zero-order valence-electron chi connectivity index (χ0n) is 19.1. The van der Waals surface area contributed by atoms with E-state index in [4.69, 9.17) is 9.72 Å². The highest BCUT2D eigenvalue weighted by molar-refractivity contribution is 9.10. The van der Waals surface area contributed by atoms with Crippen LogP contribution in [0.4, 0.5) is 0 Å². The third-order valence-corrected chi connectivity index (χ3v) is 7.92. The highest BCUT2D eigenvalue weighted by Crippen LogP contribution is 2.36. The van der Waals surface area contributed by atoms with Gasteiger partial charge in [-0.1, -0.05) is 61.0 Å². The average molecular weight is 523 g/mol. The lowest BCUT2D eigenvalue weighted by atomic mass is 9.87. The van der Waals surface area contributed by atoms with E-state index in [1.807, 2.05) is 18.2 Å². The maximum atomic E-state index is 13.1. The van der Waals surface area contributed by atoms with Gasteiger partial charge >= 0.3 is 0 Å². The number of thiophene rings is 1. The van der Waals surface area contributed by atoms with Gasteiger partial charge in [0, 0.05) is 9.35 Å². The van der Waals surface area contributed by atoms with Crippen molar-refractivity contribution in [3.63, 3.8) is 0 Å². The number of H-pyrrole nitrogens is 1. The van der Waals surface area contributed by atoms with E-state index < -0.39 is 0 Å². The molecule has 0 atom stereocenters. The third kappa shape index (κ3) is 4.51. The van der Waals surface area contributed by atoms with Crippen molar-refractivity contribution in [2.45, 2.75) is 58.5 Å². The minimum Gasteiger partial charge on any atom is -0.488 e. The Balaban J connectivity index is 1.48. The molecule has 0 saturated heterocycles. The molecule has 5 rings (SSSR count). The van der Waals surface area contributed by atoms with E-state index in [0.717, 1.165) is 45.1 Å². The molecule has 0 fully saturated rings. The Morgan fingerprint density at radius 1 is 1.09 bits per heavy atom. The van der Waals surface area contributed by atoms with Gasteiger partial charge in [0.15, 0.2) is 0 Å². The van der Waals surface area contributed by atoms with Crippen LogP contribution in [0.1, 0.15) is 55.2 Å². The number of aromatic nitrogens is 2. The van der Waals surface area contributed by atoms with Crippen LogP contribution in [0, 0.1) is 0 Å². The summed E-state index contributed by atoms with van der Waals surface area (Å²) in [5.74, 6) is 1.24. The Hall–Kier alpha value is -2.44. The molecule has 1 aliphatic carbocycles. The van der Waals surface area contributed by atoms with Crippen LogP contribution in [0.25, 0.3) is 21.6 Å². The maximum Gasteiger partial charge on any atom is 0.260 e. The maximum absolute atomic E-state index is 13.1. The summed E-state index contributed by atoms with van der Waals surface area (Å²) in [5.41, 5.74) is 4.43. The summed E-state index contributed by atoms with van der Waals surface area (Å²) in [6, 6.07) is 14.4. The minimum absolute atomic E-state index is 0.0573. The van der Waals surface area contributed by atoms with Crippen molar-refractivity contribution in [3.05, 3.63) is 78.9 Å². The Bertz CT molecular complexity index is 1380. The number of nitrogens with zero attached hydrogens (tertiary/aromatic N) is 1. The molecule has 2 heterocycles. The van der Waals surface area contributed by atoms with Crippen LogP contribution >= 0.6 is 27.3 Å². The molecule has 0 bridgehead atoms. The molecule has 0 radical (unpaired) electrons. The number of hydrogen-bond donors (Lipinski definition) is 1. The lowest BCUT2D eigenvalue weighted by Crippen LogP contribution is -2.12. The molecule has 0 saturated carbocycles. The molecule has 4 nitrogen and oxygen atoms in total. The van der Waals surface area contributed by atoms with Gasteiger partial charge in [0.05, 0.1) is 10.9 Å². The predicted octanol–water partition coefficient (Wildman–Crippen LogP) is 7.17. The molecule has 1 N–H and O–H groups in total. The average Bonchev–Trinajstić information content (AvgIpc) is 3.17. The number of aryl methyl sites for hydroxylation is 2. The first-order chi connectivity index (χ1) is 15.8. The number of ether oxygens (including phenoxy) is 1. The fraction of sp³-hybridized carbons (Fsp3) is 0.333. The summed E-state index contributed by atoms with van der Waals surface area (Å²) in [7, 11) is 0. The van der Waals surface area contributed by atoms with Crippen LogP contribution in [0.3, 0.4) is 0 Å². The van der Waals surface area contributed by atoms with Gasteiger partial charge in [-0.15, -0.1) is 11.3 Å². The minimum atomic E-state index is -0.0573. The Labute approximate surface area is 206 Å². The number of rotatable bonds is 4. The largest absolute Gasteiger partial charge is 0.488 e. The van der Waals surface area contributed by atoms with Gasteiger partial charge in [-0.3, -0.25) is 4.79 Å². The second kappa shape index (κ2) is 8.73. The number of hydrogen-bond acceptors (Lipinski definition) is 4. The van der Waals surface area contributed by atoms with Crippen molar-refractivity contribution in [1.29, 1.82) is 0 Å². The summed E-state index contributed by atoms with van der Waals surface area (Å²) >= 11 is 5.22. The zero-order valence-corrected chi connectivity index (χ0v) is 21.5. The monoisotopic (exact) mass is 522 g/mol. The van der Waals surface area contributed by atoms with Gasteiger partial charge in [-0.05, 0) is 66.0 Å². The van der Waals surface area contributed by atoms with Gasteiger partial charge in [-0.25, -0.2) is 4.98 Å². The van der Waals surface area contributed by atoms with Crippen molar-refractivity contribution >= 4 is 37.5 Å². The first kappa shape index (κ1) is 22.4. The van der Waals surface area contributed by atoms with E-state index >= 15 is 0 Å². The number of nitrogens with one attached hydrogen (secondary N) is 1. The second-order valence-corrected chi connectivity index (χ2v) is 11.7. The van der Waals surface area contributed by atoms with Crippen LogP contribution in [0.5, 0.6) is 5.75 Å². The highest BCUT2D eigenvalue weighted by atomic mass is 79.9. The predicted molar refractivity (Wildman–Crippen MR) is 139 cm³/mol. The molecule has 2 aromatic carbocycles. The Morgan fingerprint density at radius 3 is 2.61 bits per heavy atom. The van der Waals surface area contributed by atoms with E-state index in [1.54, 1.807) is 11.3 Å². The molecule has 4 aromatic rings. The van der Waals surface area contributed by atoms with Crippen LogP contribution in [0.2, 0.25) is 0 Å². The Morgan fingerprint density at radius 2 is 1.85 bits per heavy atom. The van der Waals surface area contributed by atoms with Crippen LogP contribution in [-0.4, -0.2) is 9.97 Å². The lowest BCUT2D eigenvalue weighted by molar-refractivity contribution is 0.307. The SMILES string of the molecule is CC(C)(C)c1ccc(COc2ccc(Br)cc2-c2nc3sc4c(c3c(=O)[nH]2)CCCC4)cc1. The normalized spacial score (nSPS) is 13.8. The fourth-order valence-corrected chi connectivity index (χ4v) is 5.99. The van der Waals surface area contributed by atoms with Crippen molar-refractivity contribution in [2.75, 3.05) is 0 Å². The van der Waals surface area contributed by atoms with Gasteiger partial charge in [0.1, 0.15) is 23.0 Å². The van der Waals surface area contributed by atoms with E-state index in [-0.39, 0.29) is 11.0 Å². The molecule has 33 heavy (non-hydrogen) atoms. The molecular formula is C27H27BrN2O2S. The second-order valence-electron chi connectivity index (χ2n) is 9.68. The summed E-state index contributed by atoms with van der Waals surface area (Å²) in [5, 5.41) is 0.773. The lowest BCUT2D eigenvalue weighted by Gasteiger charge is -2.19. The van der Waals surface area contributed by atoms with E-state index in [9.17, 15) is 4.79 Å². The molecule has 0 spiro atoms. The summed E-state index contributed by atoms with van der Waals surface area (Å²) in [6.07, 6.45) is 4.34. The molecule has 0 unspecified atom stereocenters. The molecule has 6 heteroatoms. The quantitative estimate of drug-likeness (QED) is 0.309. The van der Waals surface area contributed by atoms with Crippen LogP contribution in [-0.2, 0) is 24.9 Å². The van der Waals surface area contributed by atoms with E-state index in [0.29, 0.717) is 18.2 Å². The third-order valence-electron chi connectivity index (χ3n) is 6.24. The summed E-state index contributed by atoms with van der Waals surface area (Å²) in [6.45, 7) is 7.07. The van der Waals surface area contributed by atoms with Gasteiger partial charge in [-0.2, -0.15) is 0 Å². The Kier molecular flexibility index (Phi) is 5.91. The molecule has 2 aromatic heterocycles. The van der Waals surface area contributed by atoms with Crippen LogP contribution in [0.15, 0.2) is 51.7 Å². The topological polar surface area (TPSA) is 55.0 Å². The molecule has 170 valence electrons. The standard InChI is InChI=1S/C27H27BrN2O2S/c1-27(2,3)17-10-8-16(9-11-17)15-32-21-13-12-18(28)14-20(21)24-29-25(31)23-19-6-4-5-7-22(19)33-26(23)30-24/h8-14H,4-7,15H2,1-3H3,(H,29,30,31). The van der Waals surface area contributed by atoms with Crippen LogP contribution < -0.4 is 10.3 Å². The molecule has 1 aliphatic rings. The molecular weight excluding hydrogens is 496 g/mol. The molecule has 0 amide bonds. The summed E-state index contributed by atoms with van der Waals surface area (Å²) < 4.78 is 7.12. The van der Waals surface area contributed by atoms with E-state index in [2.05, 4.69) is 66.0 Å². The van der Waals surface area contributed by atoms with E-state index in [1.165, 1.54) is 22.4 Å².